The van der Waals surface area contributed by atoms with Crippen LogP contribution >= 0.6 is 0 Å². The highest BCUT2D eigenvalue weighted by Gasteiger charge is 2.11. The molecule has 110 valence electrons. The lowest BCUT2D eigenvalue weighted by Crippen LogP contribution is -2.23. The summed E-state index contributed by atoms with van der Waals surface area (Å²) in [6, 6.07) is 14.2. The molecule has 2 aromatic rings. The van der Waals surface area contributed by atoms with Gasteiger partial charge in [-0.05, 0) is 31.0 Å². The van der Waals surface area contributed by atoms with Crippen molar-refractivity contribution in [2.75, 3.05) is 11.9 Å². The SMILES string of the molecule is CCNC(=O)c1cc(NC(CC)c2ccccc2)ccn1. The molecule has 1 unspecified atom stereocenters. The van der Waals surface area contributed by atoms with E-state index in [4.69, 9.17) is 0 Å². The average Bonchev–Trinajstić information content (AvgIpc) is 2.54. The van der Waals surface area contributed by atoms with Gasteiger partial charge in [0.2, 0.25) is 0 Å². The smallest absolute Gasteiger partial charge is 0.269 e. The number of benzene rings is 1. The van der Waals surface area contributed by atoms with Crippen LogP contribution in [0.25, 0.3) is 0 Å². The molecule has 1 heterocycles. The summed E-state index contributed by atoms with van der Waals surface area (Å²) >= 11 is 0. The van der Waals surface area contributed by atoms with E-state index in [1.54, 1.807) is 12.3 Å². The molecule has 1 atom stereocenters. The molecular formula is C17H21N3O. The number of hydrogen-bond donors (Lipinski definition) is 2. The summed E-state index contributed by atoms with van der Waals surface area (Å²) in [5.74, 6) is -0.145. The predicted molar refractivity (Wildman–Crippen MR) is 85.3 cm³/mol. The number of nitrogens with one attached hydrogen (secondary N) is 2. The van der Waals surface area contributed by atoms with Crippen molar-refractivity contribution in [3.63, 3.8) is 0 Å². The molecule has 0 saturated carbocycles. The van der Waals surface area contributed by atoms with E-state index >= 15 is 0 Å². The Hall–Kier alpha value is -2.36. The Morgan fingerprint density at radius 2 is 1.95 bits per heavy atom. The Kier molecular flexibility index (Phi) is 5.32. The lowest BCUT2D eigenvalue weighted by molar-refractivity contribution is 0.0951. The van der Waals surface area contributed by atoms with Gasteiger partial charge in [0.1, 0.15) is 5.69 Å². The number of carbonyl (C=O) groups is 1. The monoisotopic (exact) mass is 283 g/mol. The van der Waals surface area contributed by atoms with Crippen LogP contribution in [0.5, 0.6) is 0 Å². The lowest BCUT2D eigenvalue weighted by Gasteiger charge is -2.19. The molecule has 0 fully saturated rings. The molecular weight excluding hydrogens is 262 g/mol. The van der Waals surface area contributed by atoms with Crippen LogP contribution in [0.15, 0.2) is 48.7 Å². The average molecular weight is 283 g/mol. The van der Waals surface area contributed by atoms with Crippen molar-refractivity contribution in [2.45, 2.75) is 26.3 Å². The van der Waals surface area contributed by atoms with Crippen molar-refractivity contribution in [2.24, 2.45) is 0 Å². The summed E-state index contributed by atoms with van der Waals surface area (Å²) in [4.78, 5) is 15.9. The lowest BCUT2D eigenvalue weighted by atomic mass is 10.0. The Balaban J connectivity index is 2.15. The number of nitrogens with zero attached hydrogens (tertiary/aromatic N) is 1. The molecule has 0 spiro atoms. The third-order valence-corrected chi connectivity index (χ3v) is 3.28. The van der Waals surface area contributed by atoms with Crippen molar-refractivity contribution in [3.8, 4) is 0 Å². The fourth-order valence-electron chi connectivity index (χ4n) is 2.20. The van der Waals surface area contributed by atoms with Gasteiger partial charge >= 0.3 is 0 Å². The number of carbonyl (C=O) groups excluding carboxylic acids is 1. The van der Waals surface area contributed by atoms with E-state index in [9.17, 15) is 4.79 Å². The molecule has 1 amide bonds. The molecule has 2 N–H and O–H groups in total. The maximum Gasteiger partial charge on any atom is 0.269 e. The first-order chi connectivity index (χ1) is 10.2. The van der Waals surface area contributed by atoms with Crippen LogP contribution < -0.4 is 10.6 Å². The normalized spacial score (nSPS) is 11.7. The van der Waals surface area contributed by atoms with Gasteiger partial charge in [0.15, 0.2) is 0 Å². The molecule has 0 bridgehead atoms. The summed E-state index contributed by atoms with van der Waals surface area (Å²) in [6.45, 7) is 4.62. The molecule has 1 aromatic carbocycles. The molecule has 4 nitrogen and oxygen atoms in total. The number of rotatable bonds is 6. The van der Waals surface area contributed by atoms with E-state index in [1.807, 2.05) is 31.2 Å². The van der Waals surface area contributed by atoms with Crippen LogP contribution in [0.1, 0.15) is 42.4 Å². The molecule has 0 radical (unpaired) electrons. The van der Waals surface area contributed by atoms with Gasteiger partial charge in [-0.3, -0.25) is 9.78 Å². The second-order valence-electron chi connectivity index (χ2n) is 4.81. The van der Waals surface area contributed by atoms with Gasteiger partial charge in [-0.25, -0.2) is 0 Å². The summed E-state index contributed by atoms with van der Waals surface area (Å²) in [7, 11) is 0. The fourth-order valence-corrected chi connectivity index (χ4v) is 2.20. The second-order valence-corrected chi connectivity index (χ2v) is 4.81. The molecule has 4 heteroatoms. The van der Waals surface area contributed by atoms with E-state index in [0.29, 0.717) is 12.2 Å². The topological polar surface area (TPSA) is 54.0 Å². The summed E-state index contributed by atoms with van der Waals surface area (Å²) in [5.41, 5.74) is 2.57. The Morgan fingerprint density at radius 3 is 2.62 bits per heavy atom. The molecule has 0 aliphatic heterocycles. The minimum atomic E-state index is -0.145. The van der Waals surface area contributed by atoms with Crippen LogP contribution in [0, 0.1) is 0 Å². The van der Waals surface area contributed by atoms with E-state index in [1.165, 1.54) is 5.56 Å². The van der Waals surface area contributed by atoms with Crippen molar-refractivity contribution in [1.29, 1.82) is 0 Å². The van der Waals surface area contributed by atoms with Crippen LogP contribution in [-0.2, 0) is 0 Å². The van der Waals surface area contributed by atoms with E-state index in [2.05, 4.69) is 34.7 Å². The highest BCUT2D eigenvalue weighted by Crippen LogP contribution is 2.22. The number of pyridine rings is 1. The molecule has 0 saturated heterocycles. The van der Waals surface area contributed by atoms with Crippen LogP contribution in [-0.4, -0.2) is 17.4 Å². The number of aromatic nitrogens is 1. The van der Waals surface area contributed by atoms with Crippen LogP contribution in [0.2, 0.25) is 0 Å². The zero-order valence-corrected chi connectivity index (χ0v) is 12.5. The molecule has 0 aliphatic rings. The largest absolute Gasteiger partial charge is 0.378 e. The summed E-state index contributed by atoms with van der Waals surface area (Å²) in [6.07, 6.45) is 2.62. The number of anilines is 1. The number of hydrogen-bond acceptors (Lipinski definition) is 3. The maximum absolute atomic E-state index is 11.8. The maximum atomic E-state index is 11.8. The van der Waals surface area contributed by atoms with E-state index in [-0.39, 0.29) is 11.9 Å². The van der Waals surface area contributed by atoms with Crippen LogP contribution in [0.3, 0.4) is 0 Å². The first-order valence-corrected chi connectivity index (χ1v) is 7.30. The third-order valence-electron chi connectivity index (χ3n) is 3.28. The Bertz CT molecular complexity index is 584. The third kappa shape index (κ3) is 4.05. The van der Waals surface area contributed by atoms with Crippen molar-refractivity contribution in [1.82, 2.24) is 10.3 Å². The molecule has 2 rings (SSSR count). The van der Waals surface area contributed by atoms with Gasteiger partial charge in [-0.2, -0.15) is 0 Å². The predicted octanol–water partition coefficient (Wildman–Crippen LogP) is 3.39. The van der Waals surface area contributed by atoms with Gasteiger partial charge in [0, 0.05) is 18.4 Å². The van der Waals surface area contributed by atoms with Gasteiger partial charge in [-0.1, -0.05) is 37.3 Å². The highest BCUT2D eigenvalue weighted by molar-refractivity contribution is 5.93. The first-order valence-electron chi connectivity index (χ1n) is 7.30. The van der Waals surface area contributed by atoms with Crippen LogP contribution in [0.4, 0.5) is 5.69 Å². The Morgan fingerprint density at radius 1 is 1.19 bits per heavy atom. The Labute approximate surface area is 125 Å². The summed E-state index contributed by atoms with van der Waals surface area (Å²) in [5, 5.41) is 6.22. The zero-order chi connectivity index (χ0) is 15.1. The van der Waals surface area contributed by atoms with Gasteiger partial charge in [-0.15, -0.1) is 0 Å². The van der Waals surface area contributed by atoms with Crippen molar-refractivity contribution in [3.05, 3.63) is 59.9 Å². The van der Waals surface area contributed by atoms with E-state index in [0.717, 1.165) is 12.1 Å². The molecule has 0 aliphatic carbocycles. The number of amides is 1. The van der Waals surface area contributed by atoms with Gasteiger partial charge < -0.3 is 10.6 Å². The first kappa shape index (κ1) is 15.0. The molecule has 21 heavy (non-hydrogen) atoms. The van der Waals surface area contributed by atoms with Crippen molar-refractivity contribution >= 4 is 11.6 Å². The minimum Gasteiger partial charge on any atom is -0.378 e. The minimum absolute atomic E-state index is 0.145. The standard InChI is InChI=1S/C17H21N3O/c1-3-15(13-8-6-5-7-9-13)20-14-10-11-19-16(12-14)17(21)18-4-2/h5-12,15H,3-4H2,1-2H3,(H,18,21)(H,19,20). The highest BCUT2D eigenvalue weighted by atomic mass is 16.1. The van der Waals surface area contributed by atoms with E-state index < -0.39 is 0 Å². The molecule has 1 aromatic heterocycles. The quantitative estimate of drug-likeness (QED) is 0.854. The summed E-state index contributed by atoms with van der Waals surface area (Å²) < 4.78 is 0. The van der Waals surface area contributed by atoms with Crippen molar-refractivity contribution < 1.29 is 4.79 Å². The van der Waals surface area contributed by atoms with Gasteiger partial charge in [0.05, 0.1) is 6.04 Å². The fraction of sp³-hybridized carbons (Fsp3) is 0.294. The second kappa shape index (κ2) is 7.43. The van der Waals surface area contributed by atoms with Gasteiger partial charge in [0.25, 0.3) is 5.91 Å². The zero-order valence-electron chi connectivity index (χ0n) is 12.5.